The number of nitrogens with one attached hydrogen (secondary N) is 2. The molecule has 0 bridgehead atoms. The lowest BCUT2D eigenvalue weighted by atomic mass is 10.1. The average molecular weight is 490 g/mol. The molecule has 4 rings (SSSR count). The highest BCUT2D eigenvalue weighted by atomic mass is 19.4. The number of alkyl halides is 3. The summed E-state index contributed by atoms with van der Waals surface area (Å²) in [5.74, 6) is -0.547. The molecule has 1 saturated heterocycles. The number of hydrogen-bond donors (Lipinski definition) is 2. The fourth-order valence-electron chi connectivity index (χ4n) is 3.35. The molecule has 15 heteroatoms. The maximum atomic E-state index is 13.2. The van der Waals surface area contributed by atoms with Crippen molar-refractivity contribution in [3.63, 3.8) is 0 Å². The number of ether oxygens (including phenoxy) is 1. The van der Waals surface area contributed by atoms with E-state index in [4.69, 9.17) is 4.74 Å². The van der Waals surface area contributed by atoms with Crippen molar-refractivity contribution in [1.82, 2.24) is 30.0 Å². The number of halogens is 3. The molecular formula is C20H17F3N8O4. The van der Waals surface area contributed by atoms with Crippen LogP contribution in [0.2, 0.25) is 0 Å². The number of aromatic amines is 1. The van der Waals surface area contributed by atoms with Gasteiger partial charge in [-0.1, -0.05) is 12.1 Å². The van der Waals surface area contributed by atoms with E-state index in [1.54, 1.807) is 11.0 Å². The molecule has 182 valence electrons. The third kappa shape index (κ3) is 5.69. The summed E-state index contributed by atoms with van der Waals surface area (Å²) >= 11 is 0. The van der Waals surface area contributed by atoms with Crippen molar-refractivity contribution in [1.29, 1.82) is 0 Å². The minimum absolute atomic E-state index is 0.125. The zero-order valence-electron chi connectivity index (χ0n) is 17.8. The minimum atomic E-state index is -4.63. The SMILES string of the molecule is O=C(Nc1ncnc(=O)[nH]1)Oc1ccc(N2CCN(C(=O)c3ccccc3C(F)(F)F)CC2)nn1. The molecule has 35 heavy (non-hydrogen) atoms. The summed E-state index contributed by atoms with van der Waals surface area (Å²) in [6, 6.07) is 7.62. The van der Waals surface area contributed by atoms with Gasteiger partial charge in [-0.05, 0) is 18.2 Å². The second kappa shape index (κ2) is 9.74. The van der Waals surface area contributed by atoms with Crippen molar-refractivity contribution < 1.29 is 27.5 Å². The Kier molecular flexibility index (Phi) is 6.57. The molecule has 3 heterocycles. The number of benzene rings is 1. The Morgan fingerprint density at radius 2 is 1.74 bits per heavy atom. The van der Waals surface area contributed by atoms with Crippen molar-refractivity contribution in [3.8, 4) is 5.88 Å². The number of H-pyrrole nitrogens is 1. The molecule has 2 aromatic heterocycles. The summed E-state index contributed by atoms with van der Waals surface area (Å²) in [7, 11) is 0. The minimum Gasteiger partial charge on any atom is -0.389 e. The molecule has 0 saturated carbocycles. The number of hydrogen-bond acceptors (Lipinski definition) is 9. The van der Waals surface area contributed by atoms with Crippen LogP contribution in [0.1, 0.15) is 15.9 Å². The van der Waals surface area contributed by atoms with Crippen LogP contribution in [0, 0.1) is 0 Å². The highest BCUT2D eigenvalue weighted by Crippen LogP contribution is 2.32. The maximum Gasteiger partial charge on any atom is 0.420 e. The Bertz CT molecular complexity index is 1270. The van der Waals surface area contributed by atoms with E-state index >= 15 is 0 Å². The number of anilines is 2. The van der Waals surface area contributed by atoms with E-state index in [1.165, 1.54) is 29.2 Å². The highest BCUT2D eigenvalue weighted by molar-refractivity contribution is 5.96. The van der Waals surface area contributed by atoms with Gasteiger partial charge in [0, 0.05) is 32.2 Å². The summed E-state index contributed by atoms with van der Waals surface area (Å²) in [4.78, 5) is 48.0. The lowest BCUT2D eigenvalue weighted by Gasteiger charge is -2.35. The molecule has 2 amide bonds. The first-order valence-corrected chi connectivity index (χ1v) is 10.1. The number of nitrogens with zero attached hydrogens (tertiary/aromatic N) is 6. The number of carbonyl (C=O) groups excluding carboxylic acids is 2. The van der Waals surface area contributed by atoms with Gasteiger partial charge in [0.25, 0.3) is 5.91 Å². The fourth-order valence-corrected chi connectivity index (χ4v) is 3.35. The van der Waals surface area contributed by atoms with Gasteiger partial charge in [-0.3, -0.25) is 15.1 Å². The predicted octanol–water partition coefficient (Wildman–Crippen LogP) is 1.55. The molecule has 12 nitrogen and oxygen atoms in total. The second-order valence-electron chi connectivity index (χ2n) is 7.22. The molecule has 0 aliphatic carbocycles. The van der Waals surface area contributed by atoms with Crippen molar-refractivity contribution in [3.05, 3.63) is 64.3 Å². The van der Waals surface area contributed by atoms with Gasteiger partial charge in [-0.2, -0.15) is 18.2 Å². The summed E-state index contributed by atoms with van der Waals surface area (Å²) in [5.41, 5.74) is -2.06. The van der Waals surface area contributed by atoms with Crippen LogP contribution in [-0.2, 0) is 6.18 Å². The third-order valence-corrected chi connectivity index (χ3v) is 4.98. The smallest absolute Gasteiger partial charge is 0.389 e. The average Bonchev–Trinajstić information content (AvgIpc) is 2.84. The number of carbonyl (C=O) groups is 2. The lowest BCUT2D eigenvalue weighted by Crippen LogP contribution is -2.49. The molecule has 1 aliphatic heterocycles. The van der Waals surface area contributed by atoms with Gasteiger partial charge in [0.05, 0.1) is 11.1 Å². The second-order valence-corrected chi connectivity index (χ2v) is 7.22. The summed E-state index contributed by atoms with van der Waals surface area (Å²) in [6.07, 6.45) is -4.63. The first-order valence-electron chi connectivity index (χ1n) is 10.1. The van der Waals surface area contributed by atoms with Crippen LogP contribution in [0.5, 0.6) is 5.88 Å². The topological polar surface area (TPSA) is 146 Å². The van der Waals surface area contributed by atoms with Gasteiger partial charge in [-0.15, -0.1) is 10.2 Å². The first kappa shape index (κ1) is 23.6. The summed E-state index contributed by atoms with van der Waals surface area (Å²) in [5, 5.41) is 9.99. The standard InChI is InChI=1S/C20H17F3N8O4/c21-20(22,23)13-4-2-1-3-12(13)16(32)31-9-7-30(8-10-31)14-5-6-15(29-28-14)35-19(34)27-17-24-11-25-18(33)26-17/h1-6,11H,7-10H2,(H2,24,25,26,27,33,34). The van der Waals surface area contributed by atoms with Crippen LogP contribution in [0.15, 0.2) is 47.5 Å². The molecule has 0 spiro atoms. The van der Waals surface area contributed by atoms with E-state index in [-0.39, 0.29) is 30.5 Å². The Labute approximate surface area is 194 Å². The van der Waals surface area contributed by atoms with Gasteiger partial charge in [0.1, 0.15) is 6.33 Å². The van der Waals surface area contributed by atoms with Crippen LogP contribution < -0.4 is 20.6 Å². The monoisotopic (exact) mass is 490 g/mol. The molecule has 1 aliphatic rings. The van der Waals surface area contributed by atoms with E-state index in [0.29, 0.717) is 18.9 Å². The van der Waals surface area contributed by atoms with E-state index in [2.05, 4.69) is 30.5 Å². The van der Waals surface area contributed by atoms with Crippen molar-refractivity contribution in [2.24, 2.45) is 0 Å². The Hall–Kier alpha value is -4.56. The maximum absolute atomic E-state index is 13.2. The molecule has 3 aromatic rings. The Balaban J connectivity index is 1.33. The van der Waals surface area contributed by atoms with E-state index < -0.39 is 29.4 Å². The molecule has 2 N–H and O–H groups in total. The molecule has 1 fully saturated rings. The first-order chi connectivity index (χ1) is 16.7. The van der Waals surface area contributed by atoms with Crippen molar-refractivity contribution in [2.75, 3.05) is 36.4 Å². The zero-order valence-corrected chi connectivity index (χ0v) is 17.8. The highest BCUT2D eigenvalue weighted by Gasteiger charge is 2.36. The van der Waals surface area contributed by atoms with Crippen LogP contribution in [0.4, 0.5) is 29.7 Å². The summed E-state index contributed by atoms with van der Waals surface area (Å²) in [6.45, 7) is 1.00. The number of rotatable bonds is 4. The van der Waals surface area contributed by atoms with Crippen molar-refractivity contribution in [2.45, 2.75) is 6.18 Å². The van der Waals surface area contributed by atoms with Gasteiger partial charge >= 0.3 is 18.0 Å². The van der Waals surface area contributed by atoms with Gasteiger partial charge in [0.15, 0.2) is 5.82 Å². The van der Waals surface area contributed by atoms with Gasteiger partial charge in [0.2, 0.25) is 11.8 Å². The molecule has 0 radical (unpaired) electrons. The number of amides is 2. The fraction of sp³-hybridized carbons (Fsp3) is 0.250. The number of piperazine rings is 1. The van der Waals surface area contributed by atoms with Crippen molar-refractivity contribution >= 4 is 23.8 Å². The largest absolute Gasteiger partial charge is 0.420 e. The molecule has 0 unspecified atom stereocenters. The number of aromatic nitrogens is 5. The molecule has 1 aromatic carbocycles. The van der Waals surface area contributed by atoms with Crippen LogP contribution in [0.3, 0.4) is 0 Å². The normalized spacial score (nSPS) is 13.9. The van der Waals surface area contributed by atoms with Crippen LogP contribution in [0.25, 0.3) is 0 Å². The predicted molar refractivity (Wildman–Crippen MR) is 114 cm³/mol. The Morgan fingerprint density at radius 1 is 1.00 bits per heavy atom. The lowest BCUT2D eigenvalue weighted by molar-refractivity contribution is -0.138. The quantitative estimate of drug-likeness (QED) is 0.556. The van der Waals surface area contributed by atoms with Crippen LogP contribution in [-0.4, -0.2) is 68.2 Å². The van der Waals surface area contributed by atoms with Crippen LogP contribution >= 0.6 is 0 Å². The van der Waals surface area contributed by atoms with Gasteiger partial charge in [-0.25, -0.2) is 14.6 Å². The zero-order chi connectivity index (χ0) is 25.0. The molecular weight excluding hydrogens is 473 g/mol. The van der Waals surface area contributed by atoms with E-state index in [0.717, 1.165) is 12.4 Å². The third-order valence-electron chi connectivity index (χ3n) is 4.98. The molecule has 0 atom stereocenters. The van der Waals surface area contributed by atoms with E-state index in [1.807, 2.05) is 0 Å². The summed E-state index contributed by atoms with van der Waals surface area (Å²) < 4.78 is 44.7. The van der Waals surface area contributed by atoms with E-state index in [9.17, 15) is 27.6 Å². The Morgan fingerprint density at radius 3 is 2.40 bits per heavy atom. The van der Waals surface area contributed by atoms with Gasteiger partial charge < -0.3 is 14.5 Å².